The second kappa shape index (κ2) is 6.64. The summed E-state index contributed by atoms with van der Waals surface area (Å²) in [5, 5.41) is 2.79. The lowest BCUT2D eigenvalue weighted by molar-refractivity contribution is -0.125. The smallest absolute Gasteiger partial charge is 0.225 e. The van der Waals surface area contributed by atoms with E-state index in [1.165, 1.54) is 0 Å². The van der Waals surface area contributed by atoms with Gasteiger partial charge in [0.05, 0.1) is 5.92 Å². The van der Waals surface area contributed by atoms with Crippen LogP contribution in [0.25, 0.3) is 0 Å². The quantitative estimate of drug-likeness (QED) is 0.749. The van der Waals surface area contributed by atoms with Gasteiger partial charge in [-0.1, -0.05) is 6.92 Å². The molecule has 0 aromatic carbocycles. The van der Waals surface area contributed by atoms with Gasteiger partial charge in [-0.2, -0.15) is 0 Å². The molecule has 1 amide bonds. The molecule has 0 radical (unpaired) electrons. The number of hydrogen-bond acceptors (Lipinski definition) is 6. The van der Waals surface area contributed by atoms with E-state index in [0.717, 1.165) is 43.3 Å². The number of carbonyl (C=O) groups excluding carboxylic acids is 1. The number of hydrazine groups is 1. The average Bonchev–Trinajstić information content (AvgIpc) is 3.04. The van der Waals surface area contributed by atoms with Crippen molar-refractivity contribution >= 4 is 11.9 Å². The predicted octanol–water partition coefficient (Wildman–Crippen LogP) is 0.539. The van der Waals surface area contributed by atoms with Crippen LogP contribution in [-0.4, -0.2) is 48.6 Å². The van der Waals surface area contributed by atoms with E-state index in [1.807, 2.05) is 19.9 Å². The summed E-state index contributed by atoms with van der Waals surface area (Å²) in [5.74, 6) is 0.915. The standard InChI is InChI=1S/C17H28N6O/c1-11-9-12(2)21-16(20-11)23-7-5-17(3,6-8-23)14-13(10-19-22-14)15(24)18-4/h9,13-14,19,22H,5-8,10H2,1-4H3,(H,18,24). The Balaban J connectivity index is 1.70. The molecule has 2 atom stereocenters. The van der Waals surface area contributed by atoms with Gasteiger partial charge in [0.2, 0.25) is 11.9 Å². The van der Waals surface area contributed by atoms with E-state index < -0.39 is 0 Å². The minimum Gasteiger partial charge on any atom is -0.359 e. The zero-order valence-electron chi connectivity index (χ0n) is 15.0. The molecule has 1 aromatic rings. The zero-order chi connectivity index (χ0) is 17.3. The van der Waals surface area contributed by atoms with E-state index in [4.69, 9.17) is 0 Å². The molecule has 1 aromatic heterocycles. The van der Waals surface area contributed by atoms with Crippen LogP contribution in [0.1, 0.15) is 31.2 Å². The van der Waals surface area contributed by atoms with E-state index in [9.17, 15) is 4.79 Å². The Labute approximate surface area is 143 Å². The third kappa shape index (κ3) is 3.23. The number of aromatic nitrogens is 2. The van der Waals surface area contributed by atoms with Crippen molar-refractivity contribution in [3.05, 3.63) is 17.5 Å². The first-order valence-corrected chi connectivity index (χ1v) is 8.70. The first-order valence-electron chi connectivity index (χ1n) is 8.70. The largest absolute Gasteiger partial charge is 0.359 e. The molecule has 0 saturated carbocycles. The summed E-state index contributed by atoms with van der Waals surface area (Å²) in [5.41, 5.74) is 8.61. The fraction of sp³-hybridized carbons (Fsp3) is 0.706. The molecule has 7 heteroatoms. The van der Waals surface area contributed by atoms with Gasteiger partial charge in [-0.05, 0) is 38.2 Å². The van der Waals surface area contributed by atoms with Crippen molar-refractivity contribution in [2.75, 3.05) is 31.6 Å². The van der Waals surface area contributed by atoms with Crippen molar-refractivity contribution in [2.24, 2.45) is 11.3 Å². The van der Waals surface area contributed by atoms with Crippen LogP contribution in [0.5, 0.6) is 0 Å². The van der Waals surface area contributed by atoms with Gasteiger partial charge in [0.25, 0.3) is 0 Å². The highest BCUT2D eigenvalue weighted by Gasteiger charge is 2.46. The average molecular weight is 332 g/mol. The number of piperidine rings is 1. The SMILES string of the molecule is CNC(=O)C1CNNC1C1(C)CCN(c2nc(C)cc(C)n2)CC1. The fourth-order valence-electron chi connectivity index (χ4n) is 3.96. The lowest BCUT2D eigenvalue weighted by atomic mass is 9.70. The minimum atomic E-state index is -0.0241. The zero-order valence-corrected chi connectivity index (χ0v) is 15.0. The highest BCUT2D eigenvalue weighted by Crippen LogP contribution is 2.39. The summed E-state index contributed by atoms with van der Waals surface area (Å²) in [6.45, 7) is 8.82. The van der Waals surface area contributed by atoms with E-state index in [1.54, 1.807) is 7.05 Å². The number of nitrogens with zero attached hydrogens (tertiary/aromatic N) is 3. The van der Waals surface area contributed by atoms with Crippen molar-refractivity contribution in [2.45, 2.75) is 39.7 Å². The van der Waals surface area contributed by atoms with Crippen LogP contribution in [0.2, 0.25) is 0 Å². The maximum absolute atomic E-state index is 12.1. The molecule has 3 N–H and O–H groups in total. The summed E-state index contributed by atoms with van der Waals surface area (Å²) in [4.78, 5) is 23.6. The topological polar surface area (TPSA) is 82.2 Å². The van der Waals surface area contributed by atoms with Gasteiger partial charge in [-0.3, -0.25) is 15.6 Å². The van der Waals surface area contributed by atoms with E-state index in [2.05, 4.69) is 38.0 Å². The second-order valence-corrected chi connectivity index (χ2v) is 7.32. The number of aryl methyl sites for hydroxylation is 2. The minimum absolute atomic E-state index is 0.0241. The van der Waals surface area contributed by atoms with Crippen molar-refractivity contribution in [1.82, 2.24) is 26.1 Å². The van der Waals surface area contributed by atoms with E-state index in [0.29, 0.717) is 6.54 Å². The van der Waals surface area contributed by atoms with E-state index >= 15 is 0 Å². The molecule has 2 unspecified atom stereocenters. The molecule has 2 aliphatic rings. The molecule has 2 fully saturated rings. The third-order valence-corrected chi connectivity index (χ3v) is 5.47. The number of carbonyl (C=O) groups is 1. The molecule has 24 heavy (non-hydrogen) atoms. The summed E-state index contributed by atoms with van der Waals surface area (Å²) in [7, 11) is 1.71. The molecule has 3 heterocycles. The molecule has 7 nitrogen and oxygen atoms in total. The molecule has 3 rings (SSSR count). The first kappa shape index (κ1) is 17.1. The highest BCUT2D eigenvalue weighted by atomic mass is 16.1. The van der Waals surface area contributed by atoms with Gasteiger partial charge in [0, 0.05) is 44.1 Å². The van der Waals surface area contributed by atoms with Gasteiger partial charge in [-0.25, -0.2) is 9.97 Å². The van der Waals surface area contributed by atoms with Crippen LogP contribution in [-0.2, 0) is 4.79 Å². The molecule has 2 aliphatic heterocycles. The maximum atomic E-state index is 12.1. The molecule has 2 saturated heterocycles. The Morgan fingerprint density at radius 3 is 2.50 bits per heavy atom. The normalized spacial score (nSPS) is 26.4. The van der Waals surface area contributed by atoms with Crippen LogP contribution >= 0.6 is 0 Å². The van der Waals surface area contributed by atoms with Gasteiger partial charge in [0.15, 0.2) is 0 Å². The number of amides is 1. The number of nitrogens with one attached hydrogen (secondary N) is 3. The molecule has 0 aliphatic carbocycles. The van der Waals surface area contributed by atoms with Crippen molar-refractivity contribution in [3.8, 4) is 0 Å². The number of anilines is 1. The molecule has 0 spiro atoms. The Hall–Kier alpha value is -1.73. The monoisotopic (exact) mass is 332 g/mol. The van der Waals surface area contributed by atoms with Crippen molar-refractivity contribution in [3.63, 3.8) is 0 Å². The molecular formula is C17H28N6O. The lowest BCUT2D eigenvalue weighted by Gasteiger charge is -2.44. The Kier molecular flexibility index (Phi) is 4.73. The summed E-state index contributed by atoms with van der Waals surface area (Å²) in [6, 6.07) is 2.15. The number of rotatable bonds is 3. The first-order chi connectivity index (χ1) is 11.4. The van der Waals surface area contributed by atoms with Crippen molar-refractivity contribution < 1.29 is 4.79 Å². The van der Waals surface area contributed by atoms with Crippen LogP contribution < -0.4 is 21.1 Å². The van der Waals surface area contributed by atoms with E-state index in [-0.39, 0.29) is 23.3 Å². The van der Waals surface area contributed by atoms with Crippen LogP contribution in [0, 0.1) is 25.2 Å². The molecular weight excluding hydrogens is 304 g/mol. The highest BCUT2D eigenvalue weighted by molar-refractivity contribution is 5.79. The van der Waals surface area contributed by atoms with Crippen LogP contribution in [0.3, 0.4) is 0 Å². The van der Waals surface area contributed by atoms with Gasteiger partial charge in [0.1, 0.15) is 0 Å². The Morgan fingerprint density at radius 2 is 1.92 bits per heavy atom. The van der Waals surface area contributed by atoms with Gasteiger partial charge in [-0.15, -0.1) is 0 Å². The van der Waals surface area contributed by atoms with Crippen LogP contribution in [0.15, 0.2) is 6.07 Å². The summed E-state index contributed by atoms with van der Waals surface area (Å²) >= 11 is 0. The van der Waals surface area contributed by atoms with Gasteiger partial charge < -0.3 is 10.2 Å². The summed E-state index contributed by atoms with van der Waals surface area (Å²) in [6.07, 6.45) is 2.02. The van der Waals surface area contributed by atoms with Gasteiger partial charge >= 0.3 is 0 Å². The van der Waals surface area contributed by atoms with Crippen LogP contribution in [0.4, 0.5) is 5.95 Å². The van der Waals surface area contributed by atoms with Crippen molar-refractivity contribution in [1.29, 1.82) is 0 Å². The third-order valence-electron chi connectivity index (χ3n) is 5.47. The summed E-state index contributed by atoms with van der Waals surface area (Å²) < 4.78 is 0. The number of hydrogen-bond donors (Lipinski definition) is 3. The Morgan fingerprint density at radius 1 is 1.29 bits per heavy atom. The second-order valence-electron chi connectivity index (χ2n) is 7.32. The maximum Gasteiger partial charge on any atom is 0.225 e. The predicted molar refractivity (Wildman–Crippen MR) is 93.5 cm³/mol. The molecule has 132 valence electrons. The fourth-order valence-corrected chi connectivity index (χ4v) is 3.96. The molecule has 0 bridgehead atoms. The lowest BCUT2D eigenvalue weighted by Crippen LogP contribution is -2.53. The Bertz CT molecular complexity index is 591.